The number of fused-ring (bicyclic) bond motifs is 3. The molecule has 0 aliphatic heterocycles. The minimum absolute atomic E-state index is 0.253. The number of hydrogen-bond acceptors (Lipinski definition) is 5. The Labute approximate surface area is 155 Å². The first kappa shape index (κ1) is 16.8. The Kier molecular flexibility index (Phi) is 4.12. The molecule has 7 nitrogen and oxygen atoms in total. The van der Waals surface area contributed by atoms with Crippen LogP contribution in [-0.2, 0) is 0 Å². The van der Waals surface area contributed by atoms with Crippen molar-refractivity contribution in [2.75, 3.05) is 26.1 Å². The van der Waals surface area contributed by atoms with Crippen LogP contribution in [0.15, 0.2) is 58.7 Å². The molecule has 0 spiro atoms. The SMILES string of the molecule is COc1ccc2c(c1)[nH]c1c(=O)n(/N=C/c3ccc(N(C)C)cc3)cnc12. The zero-order chi connectivity index (χ0) is 19.0. The van der Waals surface area contributed by atoms with Gasteiger partial charge in [0.1, 0.15) is 23.1 Å². The summed E-state index contributed by atoms with van der Waals surface area (Å²) in [5.74, 6) is 0.716. The van der Waals surface area contributed by atoms with Crippen LogP contribution in [0.5, 0.6) is 5.75 Å². The van der Waals surface area contributed by atoms with Gasteiger partial charge >= 0.3 is 0 Å². The molecular weight excluding hydrogens is 342 g/mol. The van der Waals surface area contributed by atoms with Gasteiger partial charge in [-0.25, -0.2) is 4.98 Å². The number of anilines is 1. The summed E-state index contributed by atoms with van der Waals surface area (Å²) in [5, 5.41) is 5.14. The first-order valence-corrected chi connectivity index (χ1v) is 8.45. The molecule has 0 unspecified atom stereocenters. The Morgan fingerprint density at radius 1 is 1.19 bits per heavy atom. The number of rotatable bonds is 4. The number of aromatic amines is 1. The van der Waals surface area contributed by atoms with Crippen LogP contribution in [0.2, 0.25) is 0 Å². The van der Waals surface area contributed by atoms with Crippen LogP contribution in [0, 0.1) is 0 Å². The van der Waals surface area contributed by atoms with Crippen molar-refractivity contribution in [2.24, 2.45) is 5.10 Å². The number of ether oxygens (including phenoxy) is 1. The van der Waals surface area contributed by atoms with Gasteiger partial charge in [-0.2, -0.15) is 9.78 Å². The predicted molar refractivity (Wildman–Crippen MR) is 108 cm³/mol. The second-order valence-corrected chi connectivity index (χ2v) is 6.38. The summed E-state index contributed by atoms with van der Waals surface area (Å²) in [4.78, 5) is 22.3. The third kappa shape index (κ3) is 3.03. The van der Waals surface area contributed by atoms with E-state index in [1.807, 2.05) is 61.5 Å². The molecule has 136 valence electrons. The summed E-state index contributed by atoms with van der Waals surface area (Å²) in [5.41, 5.74) is 3.58. The summed E-state index contributed by atoms with van der Waals surface area (Å²) in [7, 11) is 5.58. The van der Waals surface area contributed by atoms with Gasteiger partial charge in [-0.05, 0) is 29.8 Å². The van der Waals surface area contributed by atoms with E-state index in [1.54, 1.807) is 13.3 Å². The van der Waals surface area contributed by atoms with E-state index in [9.17, 15) is 4.79 Å². The zero-order valence-electron chi connectivity index (χ0n) is 15.3. The van der Waals surface area contributed by atoms with Crippen LogP contribution in [0.25, 0.3) is 21.9 Å². The number of benzene rings is 2. The van der Waals surface area contributed by atoms with Gasteiger partial charge in [0.2, 0.25) is 0 Å². The van der Waals surface area contributed by atoms with Gasteiger partial charge in [0.25, 0.3) is 5.56 Å². The third-order valence-corrected chi connectivity index (χ3v) is 4.44. The zero-order valence-corrected chi connectivity index (χ0v) is 15.3. The molecule has 0 atom stereocenters. The number of hydrogen-bond donors (Lipinski definition) is 1. The van der Waals surface area contributed by atoms with E-state index in [1.165, 1.54) is 11.0 Å². The van der Waals surface area contributed by atoms with Crippen molar-refractivity contribution in [3.8, 4) is 5.75 Å². The Bertz CT molecular complexity index is 1200. The van der Waals surface area contributed by atoms with Crippen molar-refractivity contribution in [2.45, 2.75) is 0 Å². The molecular formula is C20H19N5O2. The molecule has 4 rings (SSSR count). The van der Waals surface area contributed by atoms with E-state index in [0.29, 0.717) is 16.8 Å². The summed E-state index contributed by atoms with van der Waals surface area (Å²) < 4.78 is 6.46. The Balaban J connectivity index is 1.73. The molecule has 2 heterocycles. The molecule has 0 amide bonds. The Morgan fingerprint density at radius 3 is 2.67 bits per heavy atom. The van der Waals surface area contributed by atoms with Gasteiger partial charge in [0.15, 0.2) is 0 Å². The van der Waals surface area contributed by atoms with E-state index < -0.39 is 0 Å². The molecule has 27 heavy (non-hydrogen) atoms. The Morgan fingerprint density at radius 2 is 1.96 bits per heavy atom. The molecule has 4 aromatic rings. The lowest BCUT2D eigenvalue weighted by molar-refractivity contribution is 0.415. The van der Waals surface area contributed by atoms with Crippen molar-refractivity contribution in [1.29, 1.82) is 0 Å². The van der Waals surface area contributed by atoms with E-state index in [0.717, 1.165) is 22.2 Å². The van der Waals surface area contributed by atoms with E-state index >= 15 is 0 Å². The molecule has 0 saturated heterocycles. The molecule has 2 aromatic carbocycles. The normalized spacial score (nSPS) is 11.5. The van der Waals surface area contributed by atoms with Crippen molar-refractivity contribution < 1.29 is 4.74 Å². The topological polar surface area (TPSA) is 75.5 Å². The molecule has 0 bridgehead atoms. The van der Waals surface area contributed by atoms with Gasteiger partial charge < -0.3 is 14.6 Å². The molecule has 0 aliphatic carbocycles. The first-order chi connectivity index (χ1) is 13.1. The number of H-pyrrole nitrogens is 1. The molecule has 2 aromatic heterocycles. The fraction of sp³-hybridized carbons (Fsp3) is 0.150. The van der Waals surface area contributed by atoms with Crippen LogP contribution in [0.3, 0.4) is 0 Å². The number of methoxy groups -OCH3 is 1. The molecule has 1 N–H and O–H groups in total. The van der Waals surface area contributed by atoms with Gasteiger partial charge in [-0.15, -0.1) is 0 Å². The van der Waals surface area contributed by atoms with Gasteiger partial charge in [-0.1, -0.05) is 12.1 Å². The summed E-state index contributed by atoms with van der Waals surface area (Å²) in [6, 6.07) is 13.5. The van der Waals surface area contributed by atoms with E-state index in [2.05, 4.69) is 15.1 Å². The maximum Gasteiger partial charge on any atom is 0.298 e. The second-order valence-electron chi connectivity index (χ2n) is 6.38. The number of nitrogens with zero attached hydrogens (tertiary/aromatic N) is 4. The monoisotopic (exact) mass is 361 g/mol. The highest BCUT2D eigenvalue weighted by Crippen LogP contribution is 2.25. The summed E-state index contributed by atoms with van der Waals surface area (Å²) >= 11 is 0. The lowest BCUT2D eigenvalue weighted by Gasteiger charge is -2.11. The predicted octanol–water partition coefficient (Wildman–Crippen LogP) is 2.83. The van der Waals surface area contributed by atoms with Crippen LogP contribution in [0.4, 0.5) is 5.69 Å². The third-order valence-electron chi connectivity index (χ3n) is 4.44. The quantitative estimate of drug-likeness (QED) is 0.567. The maximum absolute atomic E-state index is 12.8. The molecule has 0 radical (unpaired) electrons. The van der Waals surface area contributed by atoms with Crippen molar-refractivity contribution >= 4 is 33.8 Å². The van der Waals surface area contributed by atoms with E-state index in [4.69, 9.17) is 4.74 Å². The average Bonchev–Trinajstić information content (AvgIpc) is 3.06. The van der Waals surface area contributed by atoms with Gasteiger partial charge in [-0.3, -0.25) is 4.79 Å². The Hall–Kier alpha value is -3.61. The lowest BCUT2D eigenvalue weighted by Crippen LogP contribution is -2.17. The standard InChI is InChI=1S/C20H19N5O2/c1-24(2)14-6-4-13(5-7-14)11-22-25-12-21-18-16-9-8-15(27-3)10-17(16)23-19(18)20(25)26/h4-12,23H,1-3H3/b22-11+. The molecule has 0 aliphatic rings. The van der Waals surface area contributed by atoms with Crippen LogP contribution in [0.1, 0.15) is 5.56 Å². The smallest absolute Gasteiger partial charge is 0.298 e. The van der Waals surface area contributed by atoms with Crippen LogP contribution < -0.4 is 15.2 Å². The fourth-order valence-corrected chi connectivity index (χ4v) is 2.93. The molecule has 0 saturated carbocycles. The summed E-state index contributed by atoms with van der Waals surface area (Å²) in [6.45, 7) is 0. The summed E-state index contributed by atoms with van der Waals surface area (Å²) in [6.07, 6.45) is 3.08. The van der Waals surface area contributed by atoms with Crippen LogP contribution in [-0.4, -0.2) is 42.1 Å². The minimum Gasteiger partial charge on any atom is -0.497 e. The number of aromatic nitrogens is 3. The number of nitrogens with one attached hydrogen (secondary N) is 1. The van der Waals surface area contributed by atoms with Gasteiger partial charge in [0.05, 0.1) is 18.8 Å². The highest BCUT2D eigenvalue weighted by molar-refractivity contribution is 6.04. The maximum atomic E-state index is 12.8. The second kappa shape index (κ2) is 6.60. The molecule has 0 fully saturated rings. The fourth-order valence-electron chi connectivity index (χ4n) is 2.93. The van der Waals surface area contributed by atoms with Crippen molar-refractivity contribution in [3.63, 3.8) is 0 Å². The van der Waals surface area contributed by atoms with Crippen molar-refractivity contribution in [3.05, 3.63) is 64.7 Å². The van der Waals surface area contributed by atoms with Crippen molar-refractivity contribution in [1.82, 2.24) is 14.6 Å². The van der Waals surface area contributed by atoms with Gasteiger partial charge in [0, 0.05) is 31.2 Å². The first-order valence-electron chi connectivity index (χ1n) is 8.45. The highest BCUT2D eigenvalue weighted by atomic mass is 16.5. The average molecular weight is 361 g/mol. The largest absolute Gasteiger partial charge is 0.497 e. The van der Waals surface area contributed by atoms with E-state index in [-0.39, 0.29) is 5.56 Å². The lowest BCUT2D eigenvalue weighted by atomic mass is 10.2. The minimum atomic E-state index is -0.253. The molecule has 7 heteroatoms. The highest BCUT2D eigenvalue weighted by Gasteiger charge is 2.11. The van der Waals surface area contributed by atoms with Crippen LogP contribution >= 0.6 is 0 Å².